The Bertz CT molecular complexity index is 489. The van der Waals surface area contributed by atoms with Gasteiger partial charge in [0.1, 0.15) is 5.41 Å². The normalized spacial score (nSPS) is 26.5. The highest BCUT2D eigenvalue weighted by Crippen LogP contribution is 2.42. The van der Waals surface area contributed by atoms with Crippen molar-refractivity contribution in [2.45, 2.75) is 33.1 Å². The lowest BCUT2D eigenvalue weighted by atomic mass is 9.78. The second-order valence-corrected chi connectivity index (χ2v) is 5.54. The van der Waals surface area contributed by atoms with Crippen molar-refractivity contribution in [1.82, 2.24) is 0 Å². The van der Waals surface area contributed by atoms with Gasteiger partial charge in [-0.05, 0) is 31.7 Å². The van der Waals surface area contributed by atoms with Crippen LogP contribution in [0.5, 0.6) is 0 Å². The third kappa shape index (κ3) is 2.42. The molecule has 0 N–H and O–H groups in total. The van der Waals surface area contributed by atoms with E-state index in [-0.39, 0.29) is 17.7 Å². The first-order valence-corrected chi connectivity index (χ1v) is 6.68. The van der Waals surface area contributed by atoms with Gasteiger partial charge in [0.15, 0.2) is 5.78 Å². The predicted molar refractivity (Wildman–Crippen MR) is 72.7 cm³/mol. The third-order valence-electron chi connectivity index (χ3n) is 4.13. The number of esters is 1. The Morgan fingerprint density at radius 3 is 2.47 bits per heavy atom. The number of carbonyl (C=O) groups excluding carboxylic acids is 2. The van der Waals surface area contributed by atoms with Crippen molar-refractivity contribution in [3.8, 4) is 0 Å². The first-order valence-electron chi connectivity index (χ1n) is 6.68. The monoisotopic (exact) mass is 260 g/mol. The number of hydrogen-bond acceptors (Lipinski definition) is 3. The van der Waals surface area contributed by atoms with Crippen LogP contribution in [0.1, 0.15) is 30.9 Å². The Morgan fingerprint density at radius 1 is 1.37 bits per heavy atom. The van der Waals surface area contributed by atoms with E-state index in [1.807, 2.05) is 38.1 Å². The molecule has 0 saturated heterocycles. The van der Waals surface area contributed by atoms with Crippen LogP contribution < -0.4 is 0 Å². The largest absolute Gasteiger partial charge is 0.468 e. The van der Waals surface area contributed by atoms with E-state index in [1.165, 1.54) is 12.7 Å². The number of hydrogen-bond donors (Lipinski definition) is 0. The molecule has 0 aliphatic heterocycles. The van der Waals surface area contributed by atoms with Crippen LogP contribution in [0.15, 0.2) is 24.3 Å². The summed E-state index contributed by atoms with van der Waals surface area (Å²) in [6.45, 7) is 3.91. The quantitative estimate of drug-likeness (QED) is 0.620. The first kappa shape index (κ1) is 13.8. The van der Waals surface area contributed by atoms with Crippen LogP contribution in [-0.2, 0) is 20.7 Å². The van der Waals surface area contributed by atoms with E-state index >= 15 is 0 Å². The Balaban J connectivity index is 2.32. The van der Waals surface area contributed by atoms with Crippen LogP contribution in [-0.4, -0.2) is 18.9 Å². The van der Waals surface area contributed by atoms with Crippen LogP contribution in [0, 0.1) is 18.3 Å². The first-order chi connectivity index (χ1) is 8.99. The molecular formula is C16H20O3. The van der Waals surface area contributed by atoms with Gasteiger partial charge >= 0.3 is 5.97 Å². The molecule has 0 bridgehead atoms. The van der Waals surface area contributed by atoms with Crippen molar-refractivity contribution in [2.24, 2.45) is 11.3 Å². The maximum Gasteiger partial charge on any atom is 0.319 e. The highest BCUT2D eigenvalue weighted by Gasteiger charge is 2.52. The molecule has 2 atom stereocenters. The van der Waals surface area contributed by atoms with E-state index in [0.29, 0.717) is 12.8 Å². The molecule has 0 heterocycles. The Hall–Kier alpha value is -1.64. The van der Waals surface area contributed by atoms with Gasteiger partial charge in [-0.2, -0.15) is 0 Å². The van der Waals surface area contributed by atoms with Gasteiger partial charge in [0.05, 0.1) is 7.11 Å². The second-order valence-electron chi connectivity index (χ2n) is 5.54. The van der Waals surface area contributed by atoms with E-state index in [4.69, 9.17) is 4.74 Å². The summed E-state index contributed by atoms with van der Waals surface area (Å²) in [7, 11) is 1.36. The Kier molecular flexibility index (Phi) is 3.74. The van der Waals surface area contributed by atoms with Gasteiger partial charge in [0.2, 0.25) is 0 Å². The van der Waals surface area contributed by atoms with Crippen LogP contribution in [0.2, 0.25) is 0 Å². The second kappa shape index (κ2) is 5.16. The van der Waals surface area contributed by atoms with Gasteiger partial charge < -0.3 is 4.74 Å². The van der Waals surface area contributed by atoms with Gasteiger partial charge in [0, 0.05) is 5.92 Å². The van der Waals surface area contributed by atoms with Crippen molar-refractivity contribution in [2.75, 3.05) is 7.11 Å². The molecule has 1 aliphatic carbocycles. The van der Waals surface area contributed by atoms with Gasteiger partial charge in [0.25, 0.3) is 0 Å². The van der Waals surface area contributed by atoms with Gasteiger partial charge in [-0.15, -0.1) is 0 Å². The molecule has 1 fully saturated rings. The molecule has 2 rings (SSSR count). The van der Waals surface area contributed by atoms with E-state index in [9.17, 15) is 9.59 Å². The van der Waals surface area contributed by atoms with Crippen LogP contribution in [0.3, 0.4) is 0 Å². The van der Waals surface area contributed by atoms with Crippen LogP contribution >= 0.6 is 0 Å². The number of carbonyl (C=O) groups is 2. The highest BCUT2D eigenvalue weighted by atomic mass is 16.5. The average Bonchev–Trinajstić information content (AvgIpc) is 2.70. The van der Waals surface area contributed by atoms with E-state index < -0.39 is 5.41 Å². The van der Waals surface area contributed by atoms with Gasteiger partial charge in [-0.25, -0.2) is 0 Å². The zero-order valence-electron chi connectivity index (χ0n) is 11.7. The fourth-order valence-corrected chi connectivity index (χ4v) is 2.89. The molecule has 1 aliphatic rings. The van der Waals surface area contributed by atoms with Crippen molar-refractivity contribution >= 4 is 11.8 Å². The SMILES string of the molecule is COC(=O)C1(Cc2ccc(C)cc2)CCC(C)C1=O. The summed E-state index contributed by atoms with van der Waals surface area (Å²) in [5, 5.41) is 0. The molecule has 1 saturated carbocycles. The maximum atomic E-state index is 12.4. The lowest BCUT2D eigenvalue weighted by molar-refractivity contribution is -0.157. The smallest absolute Gasteiger partial charge is 0.319 e. The molecule has 0 aromatic heterocycles. The Morgan fingerprint density at radius 2 is 2.00 bits per heavy atom. The Labute approximate surface area is 114 Å². The standard InChI is InChI=1S/C16H20O3/c1-11-4-6-13(7-5-11)10-16(15(18)19-3)9-8-12(2)14(16)17/h4-7,12H,8-10H2,1-3H3. The molecule has 1 aromatic carbocycles. The molecule has 19 heavy (non-hydrogen) atoms. The minimum absolute atomic E-state index is 0.0277. The van der Waals surface area contributed by atoms with Gasteiger partial charge in [-0.3, -0.25) is 9.59 Å². The van der Waals surface area contributed by atoms with Gasteiger partial charge in [-0.1, -0.05) is 36.8 Å². The van der Waals surface area contributed by atoms with Crippen molar-refractivity contribution in [3.05, 3.63) is 35.4 Å². The summed E-state index contributed by atoms with van der Waals surface area (Å²) in [5.41, 5.74) is 1.21. The van der Waals surface area contributed by atoms with Crippen LogP contribution in [0.25, 0.3) is 0 Å². The molecule has 2 unspecified atom stereocenters. The summed E-state index contributed by atoms with van der Waals surface area (Å²) >= 11 is 0. The predicted octanol–water partition coefficient (Wildman–Crippen LogP) is 2.70. The molecule has 3 nitrogen and oxygen atoms in total. The lowest BCUT2D eigenvalue weighted by Crippen LogP contribution is -2.39. The zero-order valence-corrected chi connectivity index (χ0v) is 11.7. The molecule has 0 radical (unpaired) electrons. The minimum Gasteiger partial charge on any atom is -0.468 e. The molecular weight excluding hydrogens is 240 g/mol. The number of Topliss-reactive ketones (excluding diaryl/α,β-unsaturated/α-hetero) is 1. The fourth-order valence-electron chi connectivity index (χ4n) is 2.89. The van der Waals surface area contributed by atoms with Crippen LogP contribution in [0.4, 0.5) is 0 Å². The van der Waals surface area contributed by atoms with E-state index in [1.54, 1.807) is 0 Å². The average molecular weight is 260 g/mol. The summed E-state index contributed by atoms with van der Waals surface area (Å²) in [6.07, 6.45) is 1.80. The summed E-state index contributed by atoms with van der Waals surface area (Å²) in [4.78, 5) is 24.5. The molecule has 1 aromatic rings. The number of benzene rings is 1. The number of methoxy groups -OCH3 is 1. The van der Waals surface area contributed by atoms with Crippen molar-refractivity contribution in [3.63, 3.8) is 0 Å². The lowest BCUT2D eigenvalue weighted by Gasteiger charge is -2.24. The molecule has 0 spiro atoms. The third-order valence-corrected chi connectivity index (χ3v) is 4.13. The summed E-state index contributed by atoms with van der Waals surface area (Å²) in [5.74, 6) is -0.410. The number of aryl methyl sites for hydroxylation is 1. The molecule has 3 heteroatoms. The zero-order chi connectivity index (χ0) is 14.0. The number of ether oxygens (including phenoxy) is 1. The number of rotatable bonds is 3. The van der Waals surface area contributed by atoms with E-state index in [2.05, 4.69) is 0 Å². The summed E-state index contributed by atoms with van der Waals surface area (Å²) < 4.78 is 4.89. The highest BCUT2D eigenvalue weighted by molar-refractivity contribution is 6.06. The maximum absolute atomic E-state index is 12.4. The molecule has 102 valence electrons. The van der Waals surface area contributed by atoms with Crippen molar-refractivity contribution < 1.29 is 14.3 Å². The number of ketones is 1. The minimum atomic E-state index is -0.969. The van der Waals surface area contributed by atoms with E-state index in [0.717, 1.165) is 12.0 Å². The fraction of sp³-hybridized carbons (Fsp3) is 0.500. The molecule has 0 amide bonds. The summed E-state index contributed by atoms with van der Waals surface area (Å²) in [6, 6.07) is 7.97. The topological polar surface area (TPSA) is 43.4 Å². The van der Waals surface area contributed by atoms with Crippen molar-refractivity contribution in [1.29, 1.82) is 0 Å².